The van der Waals surface area contributed by atoms with Gasteiger partial charge >= 0.3 is 14.6 Å². The van der Waals surface area contributed by atoms with Gasteiger partial charge in [-0.2, -0.15) is 0 Å². The fourth-order valence-electron chi connectivity index (χ4n) is 1.30. The summed E-state index contributed by atoms with van der Waals surface area (Å²) >= 11 is 0. The highest BCUT2D eigenvalue weighted by Crippen LogP contribution is 2.40. The van der Waals surface area contributed by atoms with E-state index in [9.17, 15) is 4.79 Å². The maximum Gasteiger partial charge on any atom is 0.337 e. The number of hydrogen-bond acceptors (Lipinski definition) is 5. The van der Waals surface area contributed by atoms with Crippen LogP contribution in [-0.2, 0) is 24.9 Å². The normalized spacial score (nSPS) is 10.7. The average molecular weight is 286 g/mol. The first-order valence-electron chi connectivity index (χ1n) is 6.07. The molecule has 0 spiro atoms. The first-order valence-corrected chi connectivity index (χ1v) is 7.16. The van der Waals surface area contributed by atoms with Crippen LogP contribution in [0.25, 0.3) is 0 Å². The topological polar surface area (TPSA) is 54.0 Å². The van der Waals surface area contributed by atoms with Crippen molar-refractivity contribution in [2.24, 2.45) is 0 Å². The summed E-state index contributed by atoms with van der Waals surface area (Å²) < 4.78 is 20.8. The van der Waals surface area contributed by atoms with Gasteiger partial charge in [0.25, 0.3) is 0 Å². The zero-order valence-corrected chi connectivity index (χ0v) is 12.3. The van der Waals surface area contributed by atoms with Crippen molar-refractivity contribution in [3.05, 3.63) is 35.4 Å². The van der Waals surface area contributed by atoms with Crippen molar-refractivity contribution in [3.63, 3.8) is 0 Å². The predicted molar refractivity (Wildman–Crippen MR) is 72.7 cm³/mol. The lowest BCUT2D eigenvalue weighted by Crippen LogP contribution is -2.01. The molecule has 0 N–H and O–H groups in total. The van der Waals surface area contributed by atoms with E-state index >= 15 is 0 Å². The van der Waals surface area contributed by atoms with Crippen LogP contribution in [0.2, 0.25) is 0 Å². The van der Waals surface area contributed by atoms with Gasteiger partial charge in [0.15, 0.2) is 0 Å². The minimum atomic E-state index is -1.30. The monoisotopic (exact) mass is 286 g/mol. The Hall–Kier alpha value is -1.00. The first kappa shape index (κ1) is 16.1. The second-order valence-corrected chi connectivity index (χ2v) is 4.74. The lowest BCUT2D eigenvalue weighted by atomic mass is 10.1. The maximum absolute atomic E-state index is 11.3. The molecule has 0 unspecified atom stereocenters. The van der Waals surface area contributed by atoms with Crippen LogP contribution in [0.4, 0.5) is 0 Å². The largest absolute Gasteiger partial charge is 0.465 e. The summed E-state index contributed by atoms with van der Waals surface area (Å²) in [7, 11) is 0.0585. The SMILES string of the molecule is CCOP(OCC)OCc1ccc(C(=O)OC)cc1. The number of benzene rings is 1. The molecule has 0 fully saturated rings. The lowest BCUT2D eigenvalue weighted by Gasteiger charge is -2.14. The number of methoxy groups -OCH3 is 1. The van der Waals surface area contributed by atoms with E-state index in [1.165, 1.54) is 7.11 Å². The van der Waals surface area contributed by atoms with Gasteiger partial charge in [-0.1, -0.05) is 12.1 Å². The molecule has 0 aromatic heterocycles. The van der Waals surface area contributed by atoms with Crippen molar-refractivity contribution in [3.8, 4) is 0 Å². The molecular formula is C13H19O5P. The van der Waals surface area contributed by atoms with Crippen molar-refractivity contribution in [1.82, 2.24) is 0 Å². The Bertz CT molecular complexity index is 373. The highest BCUT2D eigenvalue weighted by molar-refractivity contribution is 7.41. The molecule has 0 radical (unpaired) electrons. The van der Waals surface area contributed by atoms with Gasteiger partial charge in [-0.15, -0.1) is 0 Å². The van der Waals surface area contributed by atoms with Crippen molar-refractivity contribution in [2.75, 3.05) is 20.3 Å². The molecule has 1 aromatic rings. The fraction of sp³-hybridized carbons (Fsp3) is 0.462. The highest BCUT2D eigenvalue weighted by Gasteiger charge is 2.11. The first-order chi connectivity index (χ1) is 9.21. The van der Waals surface area contributed by atoms with Gasteiger partial charge in [-0.25, -0.2) is 4.79 Å². The molecule has 0 aliphatic rings. The summed E-state index contributed by atoms with van der Waals surface area (Å²) in [5.41, 5.74) is 1.46. The van der Waals surface area contributed by atoms with Crippen LogP contribution >= 0.6 is 8.60 Å². The second-order valence-electron chi connectivity index (χ2n) is 3.52. The molecule has 0 aliphatic carbocycles. The molecule has 0 atom stereocenters. The van der Waals surface area contributed by atoms with Gasteiger partial charge in [0, 0.05) is 0 Å². The number of rotatable bonds is 8. The van der Waals surface area contributed by atoms with Gasteiger partial charge < -0.3 is 18.3 Å². The van der Waals surface area contributed by atoms with E-state index in [2.05, 4.69) is 4.74 Å². The molecule has 106 valence electrons. The lowest BCUT2D eigenvalue weighted by molar-refractivity contribution is 0.0600. The summed E-state index contributed by atoms with van der Waals surface area (Å²) in [6, 6.07) is 7.04. The minimum absolute atomic E-state index is 0.349. The smallest absolute Gasteiger partial charge is 0.337 e. The van der Waals surface area contributed by atoms with Crippen LogP contribution in [0, 0.1) is 0 Å². The zero-order chi connectivity index (χ0) is 14.1. The van der Waals surface area contributed by atoms with Gasteiger partial charge in [0.05, 0.1) is 32.5 Å². The van der Waals surface area contributed by atoms with E-state index in [1.54, 1.807) is 12.1 Å². The highest BCUT2D eigenvalue weighted by atomic mass is 31.2. The van der Waals surface area contributed by atoms with Crippen molar-refractivity contribution < 1.29 is 23.1 Å². The molecule has 0 aliphatic heterocycles. The maximum atomic E-state index is 11.3. The fourth-order valence-corrected chi connectivity index (χ4v) is 2.20. The Morgan fingerprint density at radius 2 is 1.63 bits per heavy atom. The molecule has 0 bridgehead atoms. The third kappa shape index (κ3) is 5.66. The van der Waals surface area contributed by atoms with E-state index in [1.807, 2.05) is 26.0 Å². The van der Waals surface area contributed by atoms with E-state index < -0.39 is 8.60 Å². The van der Waals surface area contributed by atoms with Crippen LogP contribution in [-0.4, -0.2) is 26.3 Å². The number of esters is 1. The van der Waals surface area contributed by atoms with Gasteiger partial charge in [0.1, 0.15) is 0 Å². The van der Waals surface area contributed by atoms with Crippen LogP contribution in [0.5, 0.6) is 0 Å². The summed E-state index contributed by atoms with van der Waals surface area (Å²) in [5.74, 6) is -0.349. The molecular weight excluding hydrogens is 267 g/mol. The third-order valence-electron chi connectivity index (χ3n) is 2.18. The van der Waals surface area contributed by atoms with Gasteiger partial charge in [0.2, 0.25) is 0 Å². The van der Waals surface area contributed by atoms with Crippen LogP contribution < -0.4 is 0 Å². The zero-order valence-electron chi connectivity index (χ0n) is 11.4. The molecule has 19 heavy (non-hydrogen) atoms. The molecule has 1 aromatic carbocycles. The Labute approximate surface area is 114 Å². The number of carbonyl (C=O) groups is 1. The summed E-state index contributed by atoms with van der Waals surface area (Å²) in [5, 5.41) is 0. The van der Waals surface area contributed by atoms with E-state index in [-0.39, 0.29) is 5.97 Å². The molecule has 0 saturated heterocycles. The molecule has 0 saturated carbocycles. The number of hydrogen-bond donors (Lipinski definition) is 0. The summed E-state index contributed by atoms with van der Waals surface area (Å²) in [6.07, 6.45) is 0. The van der Waals surface area contributed by atoms with Crippen LogP contribution in [0.15, 0.2) is 24.3 Å². The number of carbonyl (C=O) groups excluding carboxylic acids is 1. The Kier molecular flexibility index (Phi) is 7.60. The minimum Gasteiger partial charge on any atom is -0.465 e. The third-order valence-corrected chi connectivity index (χ3v) is 3.46. The van der Waals surface area contributed by atoms with Crippen molar-refractivity contribution >= 4 is 14.6 Å². The molecule has 5 nitrogen and oxygen atoms in total. The quantitative estimate of drug-likeness (QED) is 0.542. The second kappa shape index (κ2) is 8.99. The Morgan fingerprint density at radius 3 is 2.11 bits per heavy atom. The van der Waals surface area contributed by atoms with Crippen molar-refractivity contribution in [2.45, 2.75) is 20.5 Å². The van der Waals surface area contributed by atoms with Crippen molar-refractivity contribution in [1.29, 1.82) is 0 Å². The molecule has 1 rings (SSSR count). The van der Waals surface area contributed by atoms with Gasteiger partial charge in [-0.05, 0) is 31.5 Å². The van der Waals surface area contributed by atoms with E-state index in [0.717, 1.165) is 5.56 Å². The Morgan fingerprint density at radius 1 is 1.05 bits per heavy atom. The molecule has 6 heteroatoms. The standard InChI is InChI=1S/C13H19O5P/c1-4-16-19(17-5-2)18-10-11-6-8-12(9-7-11)13(14)15-3/h6-9H,4-5,10H2,1-3H3. The van der Waals surface area contributed by atoms with Crippen LogP contribution in [0.3, 0.4) is 0 Å². The number of ether oxygens (including phenoxy) is 1. The van der Waals surface area contributed by atoms with Gasteiger partial charge in [-0.3, -0.25) is 0 Å². The van der Waals surface area contributed by atoms with Crippen LogP contribution in [0.1, 0.15) is 29.8 Å². The average Bonchev–Trinajstić information content (AvgIpc) is 2.45. The van der Waals surface area contributed by atoms with E-state index in [0.29, 0.717) is 25.4 Å². The molecule has 0 amide bonds. The summed E-state index contributed by atoms with van der Waals surface area (Å²) in [6.45, 7) is 5.26. The van der Waals surface area contributed by atoms with E-state index in [4.69, 9.17) is 13.6 Å². The Balaban J connectivity index is 2.50. The molecule has 0 heterocycles. The predicted octanol–water partition coefficient (Wildman–Crippen LogP) is 3.29. The summed E-state index contributed by atoms with van der Waals surface area (Å²) in [4.78, 5) is 11.3.